The van der Waals surface area contributed by atoms with Crippen LogP contribution in [0.15, 0.2) is 18.2 Å². The SMILES string of the molecule is CCNCc1ccc([N+](=O)[O-])c(C)c1. The molecule has 0 radical (unpaired) electrons. The largest absolute Gasteiger partial charge is 0.313 e. The Kier molecular flexibility index (Phi) is 3.59. The van der Waals surface area contributed by atoms with E-state index in [-0.39, 0.29) is 10.6 Å². The number of nitro groups is 1. The molecule has 0 aliphatic carbocycles. The molecule has 0 saturated carbocycles. The van der Waals surface area contributed by atoms with Gasteiger partial charge in [0.2, 0.25) is 0 Å². The normalized spacial score (nSPS) is 10.1. The summed E-state index contributed by atoms with van der Waals surface area (Å²) in [4.78, 5) is 10.2. The third-order valence-corrected chi connectivity index (χ3v) is 2.04. The Bertz CT molecular complexity index is 337. The van der Waals surface area contributed by atoms with E-state index in [0.29, 0.717) is 5.56 Å². The summed E-state index contributed by atoms with van der Waals surface area (Å²) in [7, 11) is 0. The molecule has 0 amide bonds. The molecular weight excluding hydrogens is 180 g/mol. The van der Waals surface area contributed by atoms with Crippen LogP contribution in [-0.4, -0.2) is 11.5 Å². The zero-order chi connectivity index (χ0) is 10.6. The summed E-state index contributed by atoms with van der Waals surface area (Å²) in [6, 6.07) is 5.19. The lowest BCUT2D eigenvalue weighted by Gasteiger charge is -2.03. The number of benzene rings is 1. The van der Waals surface area contributed by atoms with E-state index in [0.717, 1.165) is 18.7 Å². The van der Waals surface area contributed by atoms with Crippen LogP contribution in [0.2, 0.25) is 0 Å². The van der Waals surface area contributed by atoms with Crippen LogP contribution in [0.5, 0.6) is 0 Å². The van der Waals surface area contributed by atoms with Crippen molar-refractivity contribution in [1.82, 2.24) is 5.32 Å². The summed E-state index contributed by atoms with van der Waals surface area (Å²) < 4.78 is 0. The van der Waals surface area contributed by atoms with Gasteiger partial charge in [0.1, 0.15) is 0 Å². The summed E-state index contributed by atoms with van der Waals surface area (Å²) in [5, 5.41) is 13.7. The second-order valence-electron chi connectivity index (χ2n) is 3.16. The minimum atomic E-state index is -0.355. The first kappa shape index (κ1) is 10.7. The number of aryl methyl sites for hydroxylation is 1. The molecule has 14 heavy (non-hydrogen) atoms. The first-order valence-electron chi connectivity index (χ1n) is 4.59. The van der Waals surface area contributed by atoms with Gasteiger partial charge in [0, 0.05) is 18.2 Å². The van der Waals surface area contributed by atoms with Crippen LogP contribution in [-0.2, 0) is 6.54 Å². The Hall–Kier alpha value is -1.42. The summed E-state index contributed by atoms with van der Waals surface area (Å²) in [5.41, 5.74) is 1.98. The maximum Gasteiger partial charge on any atom is 0.272 e. The number of hydrogen-bond donors (Lipinski definition) is 1. The van der Waals surface area contributed by atoms with E-state index >= 15 is 0 Å². The van der Waals surface area contributed by atoms with Gasteiger partial charge < -0.3 is 5.32 Å². The average molecular weight is 194 g/mol. The lowest BCUT2D eigenvalue weighted by Crippen LogP contribution is -2.11. The van der Waals surface area contributed by atoms with Gasteiger partial charge in [-0.15, -0.1) is 0 Å². The fourth-order valence-corrected chi connectivity index (χ4v) is 1.30. The van der Waals surface area contributed by atoms with E-state index in [1.165, 1.54) is 0 Å². The molecule has 0 bridgehead atoms. The van der Waals surface area contributed by atoms with Gasteiger partial charge in [0.15, 0.2) is 0 Å². The lowest BCUT2D eigenvalue weighted by molar-refractivity contribution is -0.385. The van der Waals surface area contributed by atoms with E-state index in [1.54, 1.807) is 19.1 Å². The fourth-order valence-electron chi connectivity index (χ4n) is 1.30. The van der Waals surface area contributed by atoms with Crippen molar-refractivity contribution in [3.63, 3.8) is 0 Å². The predicted octanol–water partition coefficient (Wildman–Crippen LogP) is 2.01. The van der Waals surface area contributed by atoms with Crippen molar-refractivity contribution in [2.45, 2.75) is 20.4 Å². The van der Waals surface area contributed by atoms with Crippen molar-refractivity contribution in [3.8, 4) is 0 Å². The zero-order valence-electron chi connectivity index (χ0n) is 8.41. The van der Waals surface area contributed by atoms with E-state index in [4.69, 9.17) is 0 Å². The van der Waals surface area contributed by atoms with Crippen LogP contribution in [0.3, 0.4) is 0 Å². The van der Waals surface area contributed by atoms with Crippen molar-refractivity contribution in [2.75, 3.05) is 6.54 Å². The summed E-state index contributed by atoms with van der Waals surface area (Å²) >= 11 is 0. The smallest absolute Gasteiger partial charge is 0.272 e. The molecule has 0 unspecified atom stereocenters. The first-order valence-corrected chi connectivity index (χ1v) is 4.59. The topological polar surface area (TPSA) is 55.2 Å². The van der Waals surface area contributed by atoms with Crippen LogP contribution in [0.4, 0.5) is 5.69 Å². The molecule has 1 rings (SSSR count). The molecule has 4 heteroatoms. The Balaban J connectivity index is 2.83. The summed E-state index contributed by atoms with van der Waals surface area (Å²) in [6.07, 6.45) is 0. The van der Waals surface area contributed by atoms with Gasteiger partial charge in [-0.25, -0.2) is 0 Å². The Morgan fingerprint density at radius 1 is 1.50 bits per heavy atom. The Labute approximate surface area is 83.1 Å². The van der Waals surface area contributed by atoms with Crippen molar-refractivity contribution in [3.05, 3.63) is 39.4 Å². The highest BCUT2D eigenvalue weighted by Gasteiger charge is 2.09. The van der Waals surface area contributed by atoms with Crippen LogP contribution in [0.25, 0.3) is 0 Å². The molecule has 0 atom stereocenters. The number of nitrogens with one attached hydrogen (secondary N) is 1. The third-order valence-electron chi connectivity index (χ3n) is 2.04. The lowest BCUT2D eigenvalue weighted by atomic mass is 10.1. The fraction of sp³-hybridized carbons (Fsp3) is 0.400. The highest BCUT2D eigenvalue weighted by atomic mass is 16.6. The minimum absolute atomic E-state index is 0.185. The molecule has 1 aromatic carbocycles. The molecule has 0 aromatic heterocycles. The number of rotatable bonds is 4. The predicted molar refractivity (Wildman–Crippen MR) is 55.2 cm³/mol. The third kappa shape index (κ3) is 2.53. The van der Waals surface area contributed by atoms with Crippen molar-refractivity contribution in [2.24, 2.45) is 0 Å². The van der Waals surface area contributed by atoms with Gasteiger partial charge in [-0.1, -0.05) is 13.0 Å². The molecule has 0 spiro atoms. The number of hydrogen-bond acceptors (Lipinski definition) is 3. The van der Waals surface area contributed by atoms with Crippen LogP contribution in [0, 0.1) is 17.0 Å². The molecule has 0 saturated heterocycles. The second kappa shape index (κ2) is 4.72. The molecule has 1 N–H and O–H groups in total. The van der Waals surface area contributed by atoms with Crippen LogP contribution in [0.1, 0.15) is 18.1 Å². The maximum absolute atomic E-state index is 10.5. The molecule has 0 aliphatic heterocycles. The van der Waals surface area contributed by atoms with Crippen molar-refractivity contribution < 1.29 is 4.92 Å². The van der Waals surface area contributed by atoms with Gasteiger partial charge in [-0.3, -0.25) is 10.1 Å². The number of nitrogens with zero attached hydrogens (tertiary/aromatic N) is 1. The Morgan fingerprint density at radius 3 is 2.71 bits per heavy atom. The van der Waals surface area contributed by atoms with E-state index in [9.17, 15) is 10.1 Å². The van der Waals surface area contributed by atoms with E-state index in [1.807, 2.05) is 13.0 Å². The average Bonchev–Trinajstić information content (AvgIpc) is 2.14. The highest BCUT2D eigenvalue weighted by molar-refractivity contribution is 5.41. The summed E-state index contributed by atoms with van der Waals surface area (Å²) in [6.45, 7) is 5.44. The van der Waals surface area contributed by atoms with Gasteiger partial charge in [-0.05, 0) is 25.1 Å². The molecule has 0 fully saturated rings. The van der Waals surface area contributed by atoms with Gasteiger partial charge >= 0.3 is 0 Å². The minimum Gasteiger partial charge on any atom is -0.313 e. The number of nitro benzene ring substituents is 1. The van der Waals surface area contributed by atoms with Gasteiger partial charge in [0.05, 0.1) is 4.92 Å². The van der Waals surface area contributed by atoms with Crippen molar-refractivity contribution in [1.29, 1.82) is 0 Å². The second-order valence-corrected chi connectivity index (χ2v) is 3.16. The summed E-state index contributed by atoms with van der Waals surface area (Å²) in [5.74, 6) is 0. The monoisotopic (exact) mass is 194 g/mol. The zero-order valence-corrected chi connectivity index (χ0v) is 8.41. The first-order chi connectivity index (χ1) is 6.65. The molecule has 0 aliphatic rings. The van der Waals surface area contributed by atoms with Crippen molar-refractivity contribution >= 4 is 5.69 Å². The maximum atomic E-state index is 10.5. The molecule has 76 valence electrons. The highest BCUT2D eigenvalue weighted by Crippen LogP contribution is 2.18. The van der Waals surface area contributed by atoms with Gasteiger partial charge in [-0.2, -0.15) is 0 Å². The van der Waals surface area contributed by atoms with Crippen LogP contribution < -0.4 is 5.32 Å². The molecular formula is C10H14N2O2. The molecule has 4 nitrogen and oxygen atoms in total. The quantitative estimate of drug-likeness (QED) is 0.589. The molecule has 0 heterocycles. The van der Waals surface area contributed by atoms with Gasteiger partial charge in [0.25, 0.3) is 5.69 Å². The van der Waals surface area contributed by atoms with E-state index < -0.39 is 0 Å². The standard InChI is InChI=1S/C10H14N2O2/c1-3-11-7-9-4-5-10(12(13)14)8(2)6-9/h4-6,11H,3,7H2,1-2H3. The molecule has 1 aromatic rings. The van der Waals surface area contributed by atoms with Crippen LogP contribution >= 0.6 is 0 Å². The Morgan fingerprint density at radius 2 is 2.21 bits per heavy atom. The van der Waals surface area contributed by atoms with E-state index in [2.05, 4.69) is 5.32 Å².